The predicted octanol–water partition coefficient (Wildman–Crippen LogP) is 2.34. The Balaban J connectivity index is 2.62. The van der Waals surface area contributed by atoms with Gasteiger partial charge in [0.1, 0.15) is 5.82 Å². The fraction of sp³-hybridized carbons (Fsp3) is 0. The van der Waals surface area contributed by atoms with Gasteiger partial charge in [-0.05, 0) is 22.6 Å². The molecule has 1 heterocycles. The summed E-state index contributed by atoms with van der Waals surface area (Å²) < 4.78 is 28.3. The summed E-state index contributed by atoms with van der Waals surface area (Å²) in [5.74, 6) is -1.46. The summed E-state index contributed by atoms with van der Waals surface area (Å²) in [5.41, 5.74) is 5.58. The molecule has 0 atom stereocenters. The number of benzene rings is 1. The maximum atomic E-state index is 13.1. The van der Waals surface area contributed by atoms with Gasteiger partial charge >= 0.3 is 0 Å². The molecule has 0 amide bonds. The van der Waals surface area contributed by atoms with E-state index in [1.54, 1.807) is 12.4 Å². The van der Waals surface area contributed by atoms with E-state index < -0.39 is 11.6 Å². The first-order valence-electron chi connectivity index (χ1n) is 4.03. The first-order valence-corrected chi connectivity index (χ1v) is 5.11. The smallest absolute Gasteiger partial charge is 0.151 e. The molecule has 1 aromatic carbocycles. The van der Waals surface area contributed by atoms with Gasteiger partial charge in [-0.1, -0.05) is 0 Å². The third kappa shape index (κ3) is 1.94. The summed E-state index contributed by atoms with van der Waals surface area (Å²) in [6.45, 7) is 0. The van der Waals surface area contributed by atoms with Crippen LogP contribution >= 0.6 is 22.6 Å². The average molecular weight is 321 g/mol. The number of nitrogens with zero attached hydrogens (tertiary/aromatic N) is 2. The number of aromatic nitrogens is 2. The fourth-order valence-electron chi connectivity index (χ4n) is 1.19. The molecule has 0 spiro atoms. The molecule has 6 heteroatoms. The van der Waals surface area contributed by atoms with Crippen LogP contribution in [0, 0.1) is 15.2 Å². The molecule has 0 fully saturated rings. The summed E-state index contributed by atoms with van der Waals surface area (Å²) in [5, 5.41) is 3.92. The molecule has 0 radical (unpaired) electrons. The molecule has 0 aliphatic carbocycles. The highest BCUT2D eigenvalue weighted by Crippen LogP contribution is 2.22. The molecule has 0 bridgehead atoms. The van der Waals surface area contributed by atoms with E-state index >= 15 is 0 Å². The van der Waals surface area contributed by atoms with Crippen molar-refractivity contribution in [3.05, 3.63) is 39.7 Å². The average Bonchev–Trinajstić information content (AvgIpc) is 2.58. The van der Waals surface area contributed by atoms with Crippen LogP contribution in [0.25, 0.3) is 5.69 Å². The minimum atomic E-state index is -0.782. The first-order chi connectivity index (χ1) is 7.08. The molecule has 2 rings (SSSR count). The Kier molecular flexibility index (Phi) is 2.59. The molecule has 78 valence electrons. The maximum Gasteiger partial charge on any atom is 0.151 e. The highest BCUT2D eigenvalue weighted by molar-refractivity contribution is 14.1. The molecule has 0 saturated heterocycles. The van der Waals surface area contributed by atoms with E-state index in [2.05, 4.69) is 5.10 Å². The van der Waals surface area contributed by atoms with Crippen LogP contribution in [0.5, 0.6) is 0 Å². The van der Waals surface area contributed by atoms with Crippen molar-refractivity contribution in [3.8, 4) is 5.69 Å². The lowest BCUT2D eigenvalue weighted by molar-refractivity contribution is 0.583. The van der Waals surface area contributed by atoms with E-state index in [1.807, 2.05) is 22.6 Å². The Morgan fingerprint density at radius 1 is 1.33 bits per heavy atom. The Morgan fingerprint density at radius 3 is 2.67 bits per heavy atom. The fourth-order valence-corrected chi connectivity index (χ4v) is 1.58. The van der Waals surface area contributed by atoms with Gasteiger partial charge < -0.3 is 5.73 Å². The Bertz CT molecular complexity index is 510. The lowest BCUT2D eigenvalue weighted by atomic mass is 10.2. The van der Waals surface area contributed by atoms with Gasteiger partial charge in [-0.3, -0.25) is 0 Å². The van der Waals surface area contributed by atoms with Gasteiger partial charge in [0.25, 0.3) is 0 Å². The van der Waals surface area contributed by atoms with Gasteiger partial charge in [0.2, 0.25) is 0 Å². The summed E-state index contributed by atoms with van der Waals surface area (Å²) in [6, 6.07) is 1.88. The molecule has 0 saturated carbocycles. The molecule has 0 aliphatic heterocycles. The maximum absolute atomic E-state index is 13.1. The van der Waals surface area contributed by atoms with E-state index in [0.29, 0.717) is 0 Å². The van der Waals surface area contributed by atoms with Crippen molar-refractivity contribution in [2.45, 2.75) is 0 Å². The van der Waals surface area contributed by atoms with E-state index in [-0.39, 0.29) is 11.4 Å². The van der Waals surface area contributed by atoms with E-state index in [0.717, 1.165) is 15.7 Å². The largest absolute Gasteiger partial charge is 0.395 e. The second-order valence-electron chi connectivity index (χ2n) is 2.92. The number of halogens is 3. The van der Waals surface area contributed by atoms with Crippen LogP contribution in [-0.4, -0.2) is 9.78 Å². The normalized spacial score (nSPS) is 10.6. The Hall–Kier alpha value is -1.18. The predicted molar refractivity (Wildman–Crippen MR) is 60.6 cm³/mol. The topological polar surface area (TPSA) is 43.8 Å². The van der Waals surface area contributed by atoms with Gasteiger partial charge in [-0.25, -0.2) is 13.5 Å². The molecule has 3 nitrogen and oxygen atoms in total. The van der Waals surface area contributed by atoms with Crippen molar-refractivity contribution < 1.29 is 8.78 Å². The van der Waals surface area contributed by atoms with Crippen molar-refractivity contribution in [2.75, 3.05) is 5.73 Å². The van der Waals surface area contributed by atoms with Crippen molar-refractivity contribution in [1.29, 1.82) is 0 Å². The minimum Gasteiger partial charge on any atom is -0.395 e. The number of rotatable bonds is 1. The summed E-state index contributed by atoms with van der Waals surface area (Å²) in [4.78, 5) is 0. The van der Waals surface area contributed by atoms with E-state index in [1.165, 1.54) is 4.68 Å². The van der Waals surface area contributed by atoms with Crippen molar-refractivity contribution in [3.63, 3.8) is 0 Å². The van der Waals surface area contributed by atoms with Gasteiger partial charge in [-0.15, -0.1) is 0 Å². The molecular formula is C9H6F2IN3. The number of anilines is 1. The number of hydrogen-bond acceptors (Lipinski definition) is 2. The summed E-state index contributed by atoms with van der Waals surface area (Å²) in [6.07, 6.45) is 3.20. The van der Waals surface area contributed by atoms with E-state index in [9.17, 15) is 8.78 Å². The minimum absolute atomic E-state index is 0.115. The zero-order valence-electron chi connectivity index (χ0n) is 7.42. The zero-order chi connectivity index (χ0) is 11.0. The van der Waals surface area contributed by atoms with Crippen molar-refractivity contribution >= 4 is 28.3 Å². The Morgan fingerprint density at radius 2 is 2.07 bits per heavy atom. The van der Waals surface area contributed by atoms with Crippen LogP contribution in [0.2, 0.25) is 0 Å². The SMILES string of the molecule is Nc1c(F)cc(F)cc1-n1cc(I)cn1. The lowest BCUT2D eigenvalue weighted by Gasteiger charge is -2.06. The van der Waals surface area contributed by atoms with Gasteiger partial charge in [0.15, 0.2) is 5.82 Å². The van der Waals surface area contributed by atoms with Crippen LogP contribution in [0.3, 0.4) is 0 Å². The standard InChI is InChI=1S/C9H6F2IN3/c10-5-1-7(11)9(13)8(2-5)15-4-6(12)3-14-15/h1-4H,13H2. The highest BCUT2D eigenvalue weighted by atomic mass is 127. The number of hydrogen-bond donors (Lipinski definition) is 1. The molecule has 0 unspecified atom stereocenters. The van der Waals surface area contributed by atoms with Gasteiger partial charge in [-0.2, -0.15) is 5.10 Å². The summed E-state index contributed by atoms with van der Waals surface area (Å²) in [7, 11) is 0. The Labute approximate surface area is 98.0 Å². The molecule has 1 aromatic heterocycles. The van der Waals surface area contributed by atoms with Crippen molar-refractivity contribution in [1.82, 2.24) is 9.78 Å². The second kappa shape index (κ2) is 3.76. The third-order valence-electron chi connectivity index (χ3n) is 1.87. The zero-order valence-corrected chi connectivity index (χ0v) is 9.57. The second-order valence-corrected chi connectivity index (χ2v) is 4.17. The molecule has 15 heavy (non-hydrogen) atoms. The lowest BCUT2D eigenvalue weighted by Crippen LogP contribution is -2.03. The molecule has 2 N–H and O–H groups in total. The van der Waals surface area contributed by atoms with Crippen molar-refractivity contribution in [2.24, 2.45) is 0 Å². The van der Waals surface area contributed by atoms with Crippen LogP contribution in [0.1, 0.15) is 0 Å². The van der Waals surface area contributed by atoms with Crippen LogP contribution in [0.15, 0.2) is 24.5 Å². The monoisotopic (exact) mass is 321 g/mol. The highest BCUT2D eigenvalue weighted by Gasteiger charge is 2.10. The number of nitrogens with two attached hydrogens (primary N) is 1. The quantitative estimate of drug-likeness (QED) is 0.647. The number of nitrogen functional groups attached to an aromatic ring is 1. The van der Waals surface area contributed by atoms with E-state index in [4.69, 9.17) is 5.73 Å². The summed E-state index contributed by atoms with van der Waals surface area (Å²) >= 11 is 2.04. The molecular weight excluding hydrogens is 315 g/mol. The third-order valence-corrected chi connectivity index (χ3v) is 2.43. The van der Waals surface area contributed by atoms with Crippen LogP contribution in [0.4, 0.5) is 14.5 Å². The first kappa shape index (κ1) is 10.3. The molecule has 0 aliphatic rings. The van der Waals surface area contributed by atoms with Gasteiger partial charge in [0.05, 0.1) is 21.1 Å². The van der Waals surface area contributed by atoms with Crippen LogP contribution in [-0.2, 0) is 0 Å². The van der Waals surface area contributed by atoms with Gasteiger partial charge in [0, 0.05) is 18.3 Å². The van der Waals surface area contributed by atoms with Crippen LogP contribution < -0.4 is 5.73 Å². The molecule has 2 aromatic rings.